The smallest absolute Gasteiger partial charge is 0.222 e. The lowest BCUT2D eigenvalue weighted by Crippen LogP contribution is -2.32. The third-order valence-corrected chi connectivity index (χ3v) is 4.46. The van der Waals surface area contributed by atoms with Gasteiger partial charge in [0.2, 0.25) is 5.95 Å². The number of rotatable bonds is 2. The van der Waals surface area contributed by atoms with Gasteiger partial charge < -0.3 is 15.4 Å². The van der Waals surface area contributed by atoms with Crippen molar-refractivity contribution in [2.45, 2.75) is 26.3 Å². The summed E-state index contributed by atoms with van der Waals surface area (Å²) in [7, 11) is 0. The minimum Gasteiger partial charge on any atom is -0.379 e. The van der Waals surface area contributed by atoms with Crippen molar-refractivity contribution in [1.29, 1.82) is 0 Å². The van der Waals surface area contributed by atoms with Crippen molar-refractivity contribution in [3.63, 3.8) is 0 Å². The van der Waals surface area contributed by atoms with E-state index in [0.717, 1.165) is 30.0 Å². The highest BCUT2D eigenvalue weighted by atomic mass is 35.5. The van der Waals surface area contributed by atoms with Crippen LogP contribution in [0.25, 0.3) is 0 Å². The Kier molecular flexibility index (Phi) is 4.87. The Labute approximate surface area is 145 Å². The zero-order valence-corrected chi connectivity index (χ0v) is 14.5. The summed E-state index contributed by atoms with van der Waals surface area (Å²) in [5, 5.41) is 0.386. The van der Waals surface area contributed by atoms with Crippen LogP contribution in [0.5, 0.6) is 0 Å². The van der Waals surface area contributed by atoms with Crippen molar-refractivity contribution >= 4 is 23.4 Å². The van der Waals surface area contributed by atoms with Gasteiger partial charge in [0.25, 0.3) is 0 Å². The molecule has 0 radical (unpaired) electrons. The third-order valence-electron chi connectivity index (χ3n) is 4.13. The van der Waals surface area contributed by atoms with Crippen LogP contribution in [-0.2, 0) is 4.74 Å². The van der Waals surface area contributed by atoms with Crippen molar-refractivity contribution in [3.05, 3.63) is 45.9 Å². The number of hydrogen-bond acceptors (Lipinski definition) is 5. The SMILES string of the molecule is Cc1cc(N2CCCOCC2c2cc(C)c(F)cc2Cl)nc(N)n1. The molecule has 1 aliphatic rings. The van der Waals surface area contributed by atoms with Gasteiger partial charge >= 0.3 is 0 Å². The van der Waals surface area contributed by atoms with Gasteiger partial charge in [0.1, 0.15) is 11.6 Å². The number of ether oxygens (including phenoxy) is 1. The number of aryl methyl sites for hydroxylation is 2. The van der Waals surface area contributed by atoms with E-state index in [1.165, 1.54) is 6.07 Å². The van der Waals surface area contributed by atoms with Crippen LogP contribution in [0.2, 0.25) is 5.02 Å². The van der Waals surface area contributed by atoms with E-state index in [9.17, 15) is 4.39 Å². The number of nitrogens with zero attached hydrogens (tertiary/aromatic N) is 3. The quantitative estimate of drug-likeness (QED) is 0.898. The molecule has 24 heavy (non-hydrogen) atoms. The summed E-state index contributed by atoms with van der Waals surface area (Å²) < 4.78 is 19.5. The normalized spacial score (nSPS) is 18.5. The fraction of sp³-hybridized carbons (Fsp3) is 0.412. The van der Waals surface area contributed by atoms with Crippen LogP contribution < -0.4 is 10.6 Å². The first-order valence-electron chi connectivity index (χ1n) is 7.87. The average Bonchev–Trinajstić information content (AvgIpc) is 2.75. The van der Waals surface area contributed by atoms with E-state index < -0.39 is 0 Å². The molecule has 128 valence electrons. The largest absolute Gasteiger partial charge is 0.379 e. The molecule has 3 rings (SSSR count). The molecule has 1 unspecified atom stereocenters. The van der Waals surface area contributed by atoms with Gasteiger partial charge in [0, 0.05) is 29.9 Å². The Morgan fingerprint density at radius 2 is 2.08 bits per heavy atom. The fourth-order valence-corrected chi connectivity index (χ4v) is 3.24. The van der Waals surface area contributed by atoms with Crippen LogP contribution in [0.4, 0.5) is 16.2 Å². The van der Waals surface area contributed by atoms with Gasteiger partial charge in [-0.3, -0.25) is 0 Å². The van der Waals surface area contributed by atoms with Crippen molar-refractivity contribution in [2.75, 3.05) is 30.4 Å². The summed E-state index contributed by atoms with van der Waals surface area (Å²) in [6, 6.07) is 4.86. The van der Waals surface area contributed by atoms with Crippen molar-refractivity contribution in [1.82, 2.24) is 9.97 Å². The average molecular weight is 351 g/mol. The lowest BCUT2D eigenvalue weighted by atomic mass is 10.0. The third kappa shape index (κ3) is 3.44. The number of nitrogen functional groups attached to an aromatic ring is 1. The van der Waals surface area contributed by atoms with E-state index in [1.807, 2.05) is 13.0 Å². The van der Waals surface area contributed by atoms with E-state index in [4.69, 9.17) is 22.1 Å². The van der Waals surface area contributed by atoms with E-state index in [0.29, 0.717) is 23.8 Å². The first kappa shape index (κ1) is 16.9. The van der Waals surface area contributed by atoms with Gasteiger partial charge in [-0.2, -0.15) is 4.98 Å². The Bertz CT molecular complexity index is 735. The van der Waals surface area contributed by atoms with Gasteiger partial charge in [-0.05, 0) is 43.5 Å². The molecule has 2 N–H and O–H groups in total. The van der Waals surface area contributed by atoms with Crippen molar-refractivity contribution < 1.29 is 9.13 Å². The number of anilines is 2. The second-order valence-corrected chi connectivity index (χ2v) is 6.39. The second-order valence-electron chi connectivity index (χ2n) is 5.99. The zero-order valence-electron chi connectivity index (χ0n) is 13.7. The lowest BCUT2D eigenvalue weighted by Gasteiger charge is -2.31. The predicted octanol–water partition coefficient (Wildman–Crippen LogP) is 3.44. The number of halogens is 2. The Morgan fingerprint density at radius 3 is 2.83 bits per heavy atom. The maximum Gasteiger partial charge on any atom is 0.222 e. The van der Waals surface area contributed by atoms with Gasteiger partial charge in [0.15, 0.2) is 0 Å². The number of benzene rings is 1. The minimum absolute atomic E-state index is 0.159. The van der Waals surface area contributed by atoms with E-state index in [-0.39, 0.29) is 17.8 Å². The van der Waals surface area contributed by atoms with Gasteiger partial charge in [-0.1, -0.05) is 11.6 Å². The molecular formula is C17H20ClFN4O. The van der Waals surface area contributed by atoms with Crippen LogP contribution >= 0.6 is 11.6 Å². The monoisotopic (exact) mass is 350 g/mol. The molecule has 2 aromatic rings. The van der Waals surface area contributed by atoms with Crippen LogP contribution in [0.1, 0.15) is 29.3 Å². The molecule has 5 nitrogen and oxygen atoms in total. The molecule has 7 heteroatoms. The first-order chi connectivity index (χ1) is 11.5. The standard InChI is InChI=1S/C17H20ClFN4O/c1-10-6-12(13(18)8-14(10)19)15-9-24-5-3-4-23(15)16-7-11(2)21-17(20)22-16/h6-8,15H,3-5,9H2,1-2H3,(H2,20,21,22). The molecule has 2 heterocycles. The highest BCUT2D eigenvalue weighted by molar-refractivity contribution is 6.31. The van der Waals surface area contributed by atoms with E-state index in [1.54, 1.807) is 13.0 Å². The molecule has 1 aromatic heterocycles. The summed E-state index contributed by atoms with van der Waals surface area (Å²) >= 11 is 6.32. The fourth-order valence-electron chi connectivity index (χ4n) is 2.97. The summed E-state index contributed by atoms with van der Waals surface area (Å²) in [4.78, 5) is 10.6. The zero-order chi connectivity index (χ0) is 17.3. The highest BCUT2D eigenvalue weighted by Crippen LogP contribution is 2.34. The summed E-state index contributed by atoms with van der Waals surface area (Å²) in [5.74, 6) is 0.649. The number of hydrogen-bond donors (Lipinski definition) is 1. The minimum atomic E-state index is -0.313. The number of nitrogens with two attached hydrogens (primary N) is 1. The molecule has 0 aliphatic carbocycles. The Hall–Kier alpha value is -1.92. The summed E-state index contributed by atoms with van der Waals surface area (Å²) in [5.41, 5.74) is 7.98. The van der Waals surface area contributed by atoms with Crippen LogP contribution in [0, 0.1) is 19.7 Å². The van der Waals surface area contributed by atoms with Crippen molar-refractivity contribution in [2.24, 2.45) is 0 Å². The molecule has 1 atom stereocenters. The first-order valence-corrected chi connectivity index (χ1v) is 8.24. The van der Waals surface area contributed by atoms with Gasteiger partial charge in [0.05, 0.1) is 12.6 Å². The topological polar surface area (TPSA) is 64.3 Å². The van der Waals surface area contributed by atoms with Crippen LogP contribution in [-0.4, -0.2) is 29.7 Å². The molecule has 0 spiro atoms. The molecule has 1 saturated heterocycles. The molecule has 0 saturated carbocycles. The van der Waals surface area contributed by atoms with Crippen LogP contribution in [0.15, 0.2) is 18.2 Å². The molecule has 1 fully saturated rings. The molecule has 0 bridgehead atoms. The maximum atomic E-state index is 13.8. The highest BCUT2D eigenvalue weighted by Gasteiger charge is 2.27. The predicted molar refractivity (Wildman–Crippen MR) is 92.9 cm³/mol. The molecule has 0 amide bonds. The Morgan fingerprint density at radius 1 is 1.29 bits per heavy atom. The van der Waals surface area contributed by atoms with Gasteiger partial charge in [-0.15, -0.1) is 0 Å². The second kappa shape index (κ2) is 6.91. The maximum absolute atomic E-state index is 13.8. The lowest BCUT2D eigenvalue weighted by molar-refractivity contribution is 0.134. The Balaban J connectivity index is 2.06. The van der Waals surface area contributed by atoms with Gasteiger partial charge in [-0.25, -0.2) is 9.37 Å². The molecular weight excluding hydrogens is 331 g/mol. The van der Waals surface area contributed by atoms with E-state index in [2.05, 4.69) is 14.9 Å². The summed E-state index contributed by atoms with van der Waals surface area (Å²) in [6.07, 6.45) is 0.858. The number of aromatic nitrogens is 2. The molecule has 1 aromatic carbocycles. The van der Waals surface area contributed by atoms with Crippen molar-refractivity contribution in [3.8, 4) is 0 Å². The summed E-state index contributed by atoms with van der Waals surface area (Å²) in [6.45, 7) is 5.45. The van der Waals surface area contributed by atoms with Crippen LogP contribution in [0.3, 0.4) is 0 Å². The van der Waals surface area contributed by atoms with E-state index >= 15 is 0 Å². The molecule has 1 aliphatic heterocycles.